The van der Waals surface area contributed by atoms with E-state index in [1.54, 1.807) is 0 Å². The summed E-state index contributed by atoms with van der Waals surface area (Å²) in [5.74, 6) is 0. The fourth-order valence-corrected chi connectivity index (χ4v) is 7.50. The predicted octanol–water partition coefficient (Wildman–Crippen LogP) is 13.2. The van der Waals surface area contributed by atoms with Gasteiger partial charge in [0.1, 0.15) is 0 Å². The third-order valence-electron chi connectivity index (χ3n) is 10.0. The Morgan fingerprint density at radius 3 is 0.867 bits per heavy atom. The van der Waals surface area contributed by atoms with Gasteiger partial charge in [0.05, 0.1) is 90.6 Å². The standard InChI is InChI=1S/C43H17F12N5/c44-40(45,46)25-1-5-33-29(14-25)30-15-26(41(47,48)49)2-6-34(30)59(33)37-12-23(20-58)13-38(39(37)24-10-21(18-56)9-22(11-24)19-57)60-35-7-3-27(42(50,51)52)16-31(35)32-17-28(43(53,54)55)4-8-36(32)60/h1-17H. The zero-order valence-corrected chi connectivity index (χ0v) is 29.6. The Kier molecular flexibility index (Phi) is 8.72. The van der Waals surface area contributed by atoms with Crippen LogP contribution in [0.5, 0.6) is 0 Å². The summed E-state index contributed by atoms with van der Waals surface area (Å²) < 4.78 is 172. The monoisotopic (exact) mass is 831 g/mol. The first-order valence-corrected chi connectivity index (χ1v) is 17.1. The van der Waals surface area contributed by atoms with Gasteiger partial charge in [-0.05, 0) is 109 Å². The van der Waals surface area contributed by atoms with E-state index in [0.717, 1.165) is 24.3 Å². The fraction of sp³-hybridized carbons (Fsp3) is 0.0930. The fourth-order valence-electron chi connectivity index (χ4n) is 7.50. The van der Waals surface area contributed by atoms with Gasteiger partial charge in [-0.2, -0.15) is 68.5 Å². The molecule has 298 valence electrons. The number of fused-ring (bicyclic) bond motifs is 6. The molecule has 60 heavy (non-hydrogen) atoms. The highest BCUT2D eigenvalue weighted by Gasteiger charge is 2.36. The Morgan fingerprint density at radius 1 is 0.350 bits per heavy atom. The van der Waals surface area contributed by atoms with E-state index in [0.29, 0.717) is 48.5 Å². The number of alkyl halides is 12. The van der Waals surface area contributed by atoms with E-state index in [9.17, 15) is 68.5 Å². The van der Waals surface area contributed by atoms with Crippen molar-refractivity contribution in [2.24, 2.45) is 0 Å². The van der Waals surface area contributed by atoms with Gasteiger partial charge in [0, 0.05) is 27.1 Å². The van der Waals surface area contributed by atoms with Crippen LogP contribution in [0, 0.1) is 34.0 Å². The predicted molar refractivity (Wildman–Crippen MR) is 195 cm³/mol. The summed E-state index contributed by atoms with van der Waals surface area (Å²) in [6.45, 7) is 0. The van der Waals surface area contributed by atoms with Crippen molar-refractivity contribution < 1.29 is 52.7 Å². The van der Waals surface area contributed by atoms with Crippen LogP contribution in [0.3, 0.4) is 0 Å². The molecule has 0 aliphatic rings. The number of rotatable bonds is 3. The van der Waals surface area contributed by atoms with Crippen molar-refractivity contribution in [3.63, 3.8) is 0 Å². The van der Waals surface area contributed by atoms with Gasteiger partial charge in [-0.1, -0.05) is 0 Å². The number of halogens is 12. The lowest BCUT2D eigenvalue weighted by Gasteiger charge is -2.21. The van der Waals surface area contributed by atoms with E-state index in [4.69, 9.17) is 0 Å². The van der Waals surface area contributed by atoms with Crippen LogP contribution in [0.25, 0.3) is 66.1 Å². The molecule has 2 heterocycles. The molecule has 0 atom stereocenters. The molecule has 0 bridgehead atoms. The van der Waals surface area contributed by atoms with E-state index >= 15 is 0 Å². The van der Waals surface area contributed by atoms with Gasteiger partial charge >= 0.3 is 24.7 Å². The van der Waals surface area contributed by atoms with Crippen LogP contribution in [0.1, 0.15) is 38.9 Å². The molecule has 0 aliphatic carbocycles. The molecule has 0 saturated heterocycles. The maximum Gasteiger partial charge on any atom is 0.416 e. The molecule has 17 heteroatoms. The van der Waals surface area contributed by atoms with E-state index in [2.05, 4.69) is 0 Å². The second-order valence-electron chi connectivity index (χ2n) is 13.6. The minimum atomic E-state index is -4.94. The first-order chi connectivity index (χ1) is 28.1. The second kappa shape index (κ2) is 13.3. The lowest BCUT2D eigenvalue weighted by atomic mass is 9.95. The smallest absolute Gasteiger partial charge is 0.308 e. The summed E-state index contributed by atoms with van der Waals surface area (Å²) in [6, 6.07) is 21.3. The summed E-state index contributed by atoms with van der Waals surface area (Å²) in [5, 5.41) is 29.1. The molecule has 0 radical (unpaired) electrons. The van der Waals surface area contributed by atoms with E-state index in [-0.39, 0.29) is 82.8 Å². The SMILES string of the molecule is N#Cc1cc(C#N)cc(-c2c(-n3c4ccc(C(F)(F)F)cc4c4cc(C(F)(F)F)ccc43)cc(C#N)cc2-n2c3ccc(C(F)(F)F)cc3c3cc(C(F)(F)F)ccc32)c1. The topological polar surface area (TPSA) is 81.2 Å². The molecule has 0 amide bonds. The Bertz CT molecular complexity index is 2900. The minimum absolute atomic E-state index is 0.00253. The van der Waals surface area contributed by atoms with Gasteiger partial charge in [0.2, 0.25) is 0 Å². The molecule has 5 nitrogen and oxygen atoms in total. The summed E-state index contributed by atoms with van der Waals surface area (Å²) in [7, 11) is 0. The molecule has 2 aromatic heterocycles. The quantitative estimate of drug-likeness (QED) is 0.166. The van der Waals surface area contributed by atoms with Gasteiger partial charge in [-0.3, -0.25) is 0 Å². The molecule has 0 aliphatic heterocycles. The number of hydrogen-bond acceptors (Lipinski definition) is 3. The molecular formula is C43H17F12N5. The van der Waals surface area contributed by atoms with Gasteiger partial charge in [-0.15, -0.1) is 0 Å². The molecule has 8 rings (SSSR count). The van der Waals surface area contributed by atoms with Gasteiger partial charge in [-0.25, -0.2) is 0 Å². The Morgan fingerprint density at radius 2 is 0.617 bits per heavy atom. The van der Waals surface area contributed by atoms with Crippen LogP contribution in [-0.2, 0) is 24.7 Å². The average molecular weight is 832 g/mol. The highest BCUT2D eigenvalue weighted by atomic mass is 19.4. The van der Waals surface area contributed by atoms with Gasteiger partial charge < -0.3 is 9.13 Å². The molecule has 0 unspecified atom stereocenters. The van der Waals surface area contributed by atoms with Crippen molar-refractivity contribution in [1.82, 2.24) is 9.13 Å². The average Bonchev–Trinajstić information content (AvgIpc) is 3.70. The maximum atomic E-state index is 14.1. The van der Waals surface area contributed by atoms with Crippen LogP contribution in [0.15, 0.2) is 103 Å². The Hall–Kier alpha value is -7.45. The molecule has 0 fully saturated rings. The summed E-state index contributed by atoms with van der Waals surface area (Å²) in [4.78, 5) is 0. The minimum Gasteiger partial charge on any atom is -0.308 e. The van der Waals surface area contributed by atoms with Crippen LogP contribution in [0.4, 0.5) is 52.7 Å². The number of benzene rings is 6. The lowest BCUT2D eigenvalue weighted by Crippen LogP contribution is -2.07. The molecule has 6 aromatic carbocycles. The largest absolute Gasteiger partial charge is 0.416 e. The summed E-state index contributed by atoms with van der Waals surface area (Å²) in [5.41, 5.74) is -6.02. The van der Waals surface area contributed by atoms with Crippen molar-refractivity contribution in [2.75, 3.05) is 0 Å². The number of aromatic nitrogens is 2. The van der Waals surface area contributed by atoms with Crippen LogP contribution in [0.2, 0.25) is 0 Å². The molecule has 0 N–H and O–H groups in total. The highest BCUT2D eigenvalue weighted by Crippen LogP contribution is 2.46. The van der Waals surface area contributed by atoms with Crippen LogP contribution >= 0.6 is 0 Å². The van der Waals surface area contributed by atoms with Crippen molar-refractivity contribution in [1.29, 1.82) is 15.8 Å². The van der Waals surface area contributed by atoms with Gasteiger partial charge in [0.25, 0.3) is 0 Å². The zero-order chi connectivity index (χ0) is 43.3. The van der Waals surface area contributed by atoms with Crippen LogP contribution in [-0.4, -0.2) is 9.13 Å². The molecule has 0 saturated carbocycles. The van der Waals surface area contributed by atoms with Crippen LogP contribution < -0.4 is 0 Å². The maximum absolute atomic E-state index is 14.1. The Balaban J connectivity index is 1.61. The Labute approximate surface area is 328 Å². The second-order valence-corrected chi connectivity index (χ2v) is 13.6. The van der Waals surface area contributed by atoms with E-state index < -0.39 is 47.0 Å². The zero-order valence-electron chi connectivity index (χ0n) is 29.6. The van der Waals surface area contributed by atoms with Crippen molar-refractivity contribution in [3.05, 3.63) is 142 Å². The van der Waals surface area contributed by atoms with Crippen molar-refractivity contribution in [3.8, 4) is 40.7 Å². The third-order valence-corrected chi connectivity index (χ3v) is 10.0. The number of nitrogens with zero attached hydrogens (tertiary/aromatic N) is 5. The van der Waals surface area contributed by atoms with E-state index in [1.165, 1.54) is 39.5 Å². The van der Waals surface area contributed by atoms with Gasteiger partial charge in [0.15, 0.2) is 0 Å². The van der Waals surface area contributed by atoms with Crippen molar-refractivity contribution >= 4 is 43.6 Å². The number of hydrogen-bond donors (Lipinski definition) is 0. The molecular weight excluding hydrogens is 814 g/mol. The molecule has 8 aromatic rings. The first-order valence-electron chi connectivity index (χ1n) is 17.1. The first kappa shape index (κ1) is 39.4. The third kappa shape index (κ3) is 6.47. The highest BCUT2D eigenvalue weighted by molar-refractivity contribution is 6.12. The summed E-state index contributed by atoms with van der Waals surface area (Å²) >= 11 is 0. The molecule has 0 spiro atoms. The lowest BCUT2D eigenvalue weighted by molar-refractivity contribution is -0.138. The van der Waals surface area contributed by atoms with Crippen molar-refractivity contribution in [2.45, 2.75) is 24.7 Å². The normalized spacial score (nSPS) is 12.6. The summed E-state index contributed by atoms with van der Waals surface area (Å²) in [6.07, 6.45) is -19.8. The van der Waals surface area contributed by atoms with E-state index in [1.807, 2.05) is 18.2 Å². The number of nitriles is 3.